The first kappa shape index (κ1) is 21.6. The molecule has 6 heteroatoms. The standard InChI is InChI=1S/C27H31N3O3/c1-18-9-7-8-12-22(18)30-25(31)24-15-19-13-14-21(33-3)16-23(19)29(24)17-27(30,2)26(32)28-20-10-5-4-6-11-20/h7-9,12-16,20H,4-6,10-11,17H2,1-3H3,(H,28,32)/t27-/m0/s1. The molecule has 1 aliphatic heterocycles. The lowest BCUT2D eigenvalue weighted by Gasteiger charge is -2.45. The number of hydrogen-bond acceptors (Lipinski definition) is 3. The van der Waals surface area contributed by atoms with Gasteiger partial charge in [0.15, 0.2) is 0 Å². The van der Waals surface area contributed by atoms with Crippen LogP contribution in [0.15, 0.2) is 48.5 Å². The van der Waals surface area contributed by atoms with Crippen LogP contribution in [0.3, 0.4) is 0 Å². The molecule has 3 aromatic rings. The zero-order valence-electron chi connectivity index (χ0n) is 19.6. The molecule has 1 aromatic heterocycles. The molecule has 0 spiro atoms. The molecular formula is C27H31N3O3. The zero-order valence-corrected chi connectivity index (χ0v) is 19.6. The van der Waals surface area contributed by atoms with Gasteiger partial charge in [0.25, 0.3) is 5.91 Å². The van der Waals surface area contributed by atoms with E-state index in [2.05, 4.69) is 5.32 Å². The lowest BCUT2D eigenvalue weighted by molar-refractivity contribution is -0.127. The number of nitrogens with one attached hydrogen (secondary N) is 1. The van der Waals surface area contributed by atoms with Crippen LogP contribution in [0.25, 0.3) is 10.9 Å². The summed E-state index contributed by atoms with van der Waals surface area (Å²) >= 11 is 0. The second kappa shape index (κ2) is 8.25. The number of rotatable bonds is 4. The number of anilines is 1. The van der Waals surface area contributed by atoms with Gasteiger partial charge < -0.3 is 14.6 Å². The second-order valence-corrected chi connectivity index (χ2v) is 9.55. The van der Waals surface area contributed by atoms with Gasteiger partial charge in [0.05, 0.1) is 19.2 Å². The number of carbonyl (C=O) groups excluding carboxylic acids is 2. The highest BCUT2D eigenvalue weighted by Crippen LogP contribution is 2.38. The average molecular weight is 446 g/mol. The van der Waals surface area contributed by atoms with Gasteiger partial charge in [-0.2, -0.15) is 0 Å². The Morgan fingerprint density at radius 1 is 1.09 bits per heavy atom. The Balaban J connectivity index is 1.64. The fourth-order valence-corrected chi connectivity index (χ4v) is 5.38. The van der Waals surface area contributed by atoms with E-state index in [9.17, 15) is 9.59 Å². The second-order valence-electron chi connectivity index (χ2n) is 9.55. The summed E-state index contributed by atoms with van der Waals surface area (Å²) in [4.78, 5) is 29.6. The highest BCUT2D eigenvalue weighted by atomic mass is 16.5. The molecule has 1 saturated carbocycles. The molecule has 0 unspecified atom stereocenters. The Morgan fingerprint density at radius 2 is 1.85 bits per heavy atom. The van der Waals surface area contributed by atoms with Crippen LogP contribution in [0, 0.1) is 6.92 Å². The number of amides is 2. The molecule has 0 bridgehead atoms. The number of carbonyl (C=O) groups is 2. The van der Waals surface area contributed by atoms with Crippen molar-refractivity contribution in [3.63, 3.8) is 0 Å². The number of aryl methyl sites for hydroxylation is 1. The topological polar surface area (TPSA) is 63.6 Å². The molecule has 1 N–H and O–H groups in total. The summed E-state index contributed by atoms with van der Waals surface area (Å²) in [7, 11) is 1.63. The van der Waals surface area contributed by atoms with E-state index in [1.54, 1.807) is 12.0 Å². The van der Waals surface area contributed by atoms with Gasteiger partial charge in [-0.25, -0.2) is 0 Å². The van der Waals surface area contributed by atoms with Crippen LogP contribution < -0.4 is 15.0 Å². The molecule has 5 rings (SSSR count). The Morgan fingerprint density at radius 3 is 2.58 bits per heavy atom. The van der Waals surface area contributed by atoms with E-state index in [1.165, 1.54) is 6.42 Å². The highest BCUT2D eigenvalue weighted by Gasteiger charge is 2.49. The highest BCUT2D eigenvalue weighted by molar-refractivity contribution is 6.14. The number of hydrogen-bond donors (Lipinski definition) is 1. The number of nitrogens with zero attached hydrogens (tertiary/aromatic N) is 2. The fraction of sp³-hybridized carbons (Fsp3) is 0.407. The number of ether oxygens (including phenoxy) is 1. The fourth-order valence-electron chi connectivity index (χ4n) is 5.38. The Labute approximate surface area is 194 Å². The summed E-state index contributed by atoms with van der Waals surface area (Å²) in [6.07, 6.45) is 5.48. The van der Waals surface area contributed by atoms with Crippen molar-refractivity contribution < 1.29 is 14.3 Å². The molecule has 2 aromatic carbocycles. The summed E-state index contributed by atoms with van der Waals surface area (Å²) in [5.74, 6) is 0.471. The molecule has 33 heavy (non-hydrogen) atoms. The summed E-state index contributed by atoms with van der Waals surface area (Å²) < 4.78 is 7.41. The third-order valence-corrected chi connectivity index (χ3v) is 7.28. The maximum Gasteiger partial charge on any atom is 0.275 e. The Kier molecular flexibility index (Phi) is 5.39. The maximum atomic E-state index is 14.0. The predicted molar refractivity (Wildman–Crippen MR) is 130 cm³/mol. The van der Waals surface area contributed by atoms with Gasteiger partial charge in [-0.3, -0.25) is 14.5 Å². The van der Waals surface area contributed by atoms with Crippen molar-refractivity contribution >= 4 is 28.4 Å². The van der Waals surface area contributed by atoms with Crippen molar-refractivity contribution in [1.82, 2.24) is 9.88 Å². The van der Waals surface area contributed by atoms with Crippen LogP contribution in [0.5, 0.6) is 5.75 Å². The van der Waals surface area contributed by atoms with Gasteiger partial charge >= 0.3 is 0 Å². The molecule has 2 aliphatic rings. The van der Waals surface area contributed by atoms with Crippen molar-refractivity contribution in [3.8, 4) is 5.75 Å². The first-order chi connectivity index (χ1) is 15.9. The largest absolute Gasteiger partial charge is 0.497 e. The van der Waals surface area contributed by atoms with Crippen molar-refractivity contribution in [2.45, 2.75) is 64.1 Å². The molecular weight excluding hydrogens is 414 g/mol. The van der Waals surface area contributed by atoms with Gasteiger partial charge in [-0.1, -0.05) is 37.5 Å². The number of aromatic nitrogens is 1. The number of benzene rings is 2. The van der Waals surface area contributed by atoms with Gasteiger partial charge in [0.2, 0.25) is 5.91 Å². The minimum Gasteiger partial charge on any atom is -0.497 e. The molecule has 6 nitrogen and oxygen atoms in total. The molecule has 2 amide bonds. The number of fused-ring (bicyclic) bond motifs is 3. The molecule has 1 aliphatic carbocycles. The quantitative estimate of drug-likeness (QED) is 0.626. The first-order valence-electron chi connectivity index (χ1n) is 11.8. The molecule has 1 atom stereocenters. The number of para-hydroxylation sites is 1. The van der Waals surface area contributed by atoms with Crippen LogP contribution in [0.1, 0.15) is 55.1 Å². The SMILES string of the molecule is COc1ccc2cc3n(c2c1)C[C@@](C)(C(=O)NC1CCCCC1)N(c1ccccc1C)C3=O. The van der Waals surface area contributed by atoms with E-state index in [-0.39, 0.29) is 17.9 Å². The summed E-state index contributed by atoms with van der Waals surface area (Å²) in [5.41, 5.74) is 2.16. The van der Waals surface area contributed by atoms with Crippen LogP contribution in [-0.4, -0.2) is 35.1 Å². The lowest BCUT2D eigenvalue weighted by Crippen LogP contribution is -2.65. The van der Waals surface area contributed by atoms with E-state index in [1.807, 2.05) is 66.9 Å². The normalized spacial score (nSPS) is 21.2. The Hall–Kier alpha value is -3.28. The lowest BCUT2D eigenvalue weighted by atomic mass is 9.90. The van der Waals surface area contributed by atoms with Crippen molar-refractivity contribution in [1.29, 1.82) is 0 Å². The number of methoxy groups -OCH3 is 1. The Bertz CT molecular complexity index is 1220. The minimum atomic E-state index is -1.07. The molecule has 0 radical (unpaired) electrons. The smallest absolute Gasteiger partial charge is 0.275 e. The summed E-state index contributed by atoms with van der Waals surface area (Å²) in [6, 6.07) is 15.7. The van der Waals surface area contributed by atoms with Crippen LogP contribution in [-0.2, 0) is 11.3 Å². The molecule has 0 saturated heterocycles. The van der Waals surface area contributed by atoms with E-state index < -0.39 is 5.54 Å². The van der Waals surface area contributed by atoms with Crippen molar-refractivity contribution in [2.24, 2.45) is 0 Å². The third-order valence-electron chi connectivity index (χ3n) is 7.28. The van der Waals surface area contributed by atoms with Gasteiger partial charge in [-0.15, -0.1) is 0 Å². The summed E-state index contributed by atoms with van der Waals surface area (Å²) in [6.45, 7) is 4.25. The molecule has 2 heterocycles. The van der Waals surface area contributed by atoms with Gasteiger partial charge in [-0.05, 0) is 56.5 Å². The average Bonchev–Trinajstić information content (AvgIpc) is 3.18. The van der Waals surface area contributed by atoms with Gasteiger partial charge in [0, 0.05) is 23.2 Å². The van der Waals surface area contributed by atoms with Gasteiger partial charge in [0.1, 0.15) is 17.0 Å². The first-order valence-corrected chi connectivity index (χ1v) is 11.8. The van der Waals surface area contributed by atoms with E-state index in [4.69, 9.17) is 4.74 Å². The maximum absolute atomic E-state index is 14.0. The van der Waals surface area contributed by atoms with Crippen molar-refractivity contribution in [2.75, 3.05) is 12.0 Å². The van der Waals surface area contributed by atoms with E-state index >= 15 is 0 Å². The predicted octanol–water partition coefficient (Wildman–Crippen LogP) is 4.83. The van der Waals surface area contributed by atoms with Crippen LogP contribution in [0.2, 0.25) is 0 Å². The van der Waals surface area contributed by atoms with E-state index in [0.29, 0.717) is 12.2 Å². The van der Waals surface area contributed by atoms with Crippen LogP contribution in [0.4, 0.5) is 5.69 Å². The van der Waals surface area contributed by atoms with Crippen LogP contribution >= 0.6 is 0 Å². The van der Waals surface area contributed by atoms with Crippen molar-refractivity contribution in [3.05, 3.63) is 59.8 Å². The monoisotopic (exact) mass is 445 g/mol. The molecule has 1 fully saturated rings. The third kappa shape index (κ3) is 3.58. The minimum absolute atomic E-state index is 0.0959. The molecule has 172 valence electrons. The summed E-state index contributed by atoms with van der Waals surface area (Å²) in [5, 5.41) is 4.25. The zero-order chi connectivity index (χ0) is 23.2. The van der Waals surface area contributed by atoms with E-state index in [0.717, 1.165) is 53.6 Å².